The second kappa shape index (κ2) is 4.49. The van der Waals surface area contributed by atoms with Crippen molar-refractivity contribution in [1.82, 2.24) is 15.0 Å². The summed E-state index contributed by atoms with van der Waals surface area (Å²) in [6, 6.07) is 9.82. The monoisotopic (exact) mass is 349 g/mol. The number of aromatic nitrogens is 3. The smallest absolute Gasteiger partial charge is 0.264 e. The Kier molecular flexibility index (Phi) is 2.83. The highest BCUT2D eigenvalue weighted by Gasteiger charge is 2.08. The first kappa shape index (κ1) is 11.3. The summed E-state index contributed by atoms with van der Waals surface area (Å²) in [5.74, 6) is 0.497. The summed E-state index contributed by atoms with van der Waals surface area (Å²) in [5, 5.41) is 2.05. The van der Waals surface area contributed by atoms with Crippen LogP contribution in [0.4, 0.5) is 0 Å². The van der Waals surface area contributed by atoms with Gasteiger partial charge in [0, 0.05) is 17.8 Å². The molecule has 0 fully saturated rings. The van der Waals surface area contributed by atoms with Crippen molar-refractivity contribution < 1.29 is 0 Å². The fraction of sp³-hybridized carbons (Fsp3) is 0. The lowest BCUT2D eigenvalue weighted by Gasteiger charge is -2.04. The maximum atomic E-state index is 11.6. The summed E-state index contributed by atoms with van der Waals surface area (Å²) in [7, 11) is 0. The van der Waals surface area contributed by atoms with Crippen LogP contribution in [0.1, 0.15) is 0 Å². The summed E-state index contributed by atoms with van der Waals surface area (Å²) < 4.78 is 0.566. The average molecular weight is 349 g/mol. The van der Waals surface area contributed by atoms with E-state index in [1.165, 1.54) is 0 Å². The van der Waals surface area contributed by atoms with E-state index in [0.29, 0.717) is 15.1 Å². The predicted octanol–water partition coefficient (Wildman–Crippen LogP) is 2.59. The number of nitrogens with zero attached hydrogens (tertiary/aromatic N) is 2. The Morgan fingerprint density at radius 1 is 1.11 bits per heavy atom. The second-order valence-corrected chi connectivity index (χ2v) is 4.95. The lowest BCUT2D eigenvalue weighted by molar-refractivity contribution is 1.09. The molecule has 0 unspecified atom stereocenters. The minimum atomic E-state index is -0.143. The molecule has 1 N–H and O–H groups in total. The third-order valence-electron chi connectivity index (χ3n) is 2.65. The Hall–Kier alpha value is -1.76. The molecule has 0 spiro atoms. The van der Waals surface area contributed by atoms with Crippen molar-refractivity contribution in [2.45, 2.75) is 0 Å². The van der Waals surface area contributed by atoms with Crippen molar-refractivity contribution in [3.05, 3.63) is 56.6 Å². The van der Waals surface area contributed by atoms with Crippen molar-refractivity contribution in [3.8, 4) is 11.5 Å². The van der Waals surface area contributed by atoms with Gasteiger partial charge in [0.05, 0.1) is 3.57 Å². The Morgan fingerprint density at radius 2 is 1.94 bits per heavy atom. The van der Waals surface area contributed by atoms with Gasteiger partial charge < -0.3 is 4.98 Å². The van der Waals surface area contributed by atoms with Crippen LogP contribution in [0.25, 0.3) is 22.3 Å². The van der Waals surface area contributed by atoms with Crippen molar-refractivity contribution in [2.75, 3.05) is 0 Å². The van der Waals surface area contributed by atoms with Crippen LogP contribution in [0, 0.1) is 3.57 Å². The third kappa shape index (κ3) is 1.90. The molecule has 0 aliphatic rings. The molecular weight excluding hydrogens is 341 g/mol. The number of aromatic amines is 1. The Morgan fingerprint density at radius 3 is 2.78 bits per heavy atom. The molecule has 2 heterocycles. The van der Waals surface area contributed by atoms with Gasteiger partial charge in [-0.25, -0.2) is 4.98 Å². The summed E-state index contributed by atoms with van der Waals surface area (Å²) in [5.41, 5.74) is 0.553. The van der Waals surface area contributed by atoms with Crippen LogP contribution in [-0.2, 0) is 0 Å². The Bertz CT molecular complexity index is 777. The van der Waals surface area contributed by atoms with Crippen LogP contribution in [-0.4, -0.2) is 15.0 Å². The van der Waals surface area contributed by atoms with Crippen molar-refractivity contribution in [2.24, 2.45) is 0 Å². The highest BCUT2D eigenvalue weighted by Crippen LogP contribution is 2.22. The van der Waals surface area contributed by atoms with E-state index in [1.54, 1.807) is 12.4 Å². The predicted molar refractivity (Wildman–Crippen MR) is 78.3 cm³/mol. The molecule has 0 aliphatic carbocycles. The standard InChI is InChI=1S/C13H8IN3O/c14-10-7-16-12(17-13(10)18)11-9-4-2-1-3-8(9)5-6-15-11/h1-7H,(H,16,17,18). The SMILES string of the molecule is O=c1[nH]c(-c2nccc3ccccc23)ncc1I. The molecule has 1 aromatic carbocycles. The molecule has 0 amide bonds. The molecule has 88 valence electrons. The molecule has 3 rings (SSSR count). The quantitative estimate of drug-likeness (QED) is 0.687. The normalized spacial score (nSPS) is 10.7. The number of hydrogen-bond donors (Lipinski definition) is 1. The van der Waals surface area contributed by atoms with Gasteiger partial charge >= 0.3 is 0 Å². The molecule has 5 heteroatoms. The molecular formula is C13H8IN3O. The van der Waals surface area contributed by atoms with E-state index in [-0.39, 0.29) is 5.56 Å². The molecule has 0 bridgehead atoms. The molecule has 0 saturated heterocycles. The summed E-state index contributed by atoms with van der Waals surface area (Å²) in [6.07, 6.45) is 3.27. The minimum absolute atomic E-state index is 0.143. The van der Waals surface area contributed by atoms with Gasteiger partial charge in [0.2, 0.25) is 0 Å². The maximum Gasteiger partial charge on any atom is 0.264 e. The Balaban J connectivity index is 2.31. The van der Waals surface area contributed by atoms with E-state index in [9.17, 15) is 4.79 Å². The van der Waals surface area contributed by atoms with Gasteiger partial charge in [-0.1, -0.05) is 24.3 Å². The highest BCUT2D eigenvalue weighted by atomic mass is 127. The van der Waals surface area contributed by atoms with Gasteiger partial charge in [0.25, 0.3) is 5.56 Å². The average Bonchev–Trinajstić information content (AvgIpc) is 2.41. The first-order valence-corrected chi connectivity index (χ1v) is 6.42. The fourth-order valence-electron chi connectivity index (χ4n) is 1.81. The van der Waals surface area contributed by atoms with Crippen molar-refractivity contribution >= 4 is 33.4 Å². The van der Waals surface area contributed by atoms with E-state index >= 15 is 0 Å². The van der Waals surface area contributed by atoms with Crippen LogP contribution in [0.15, 0.2) is 47.5 Å². The molecule has 0 saturated carbocycles. The second-order valence-electron chi connectivity index (χ2n) is 3.79. The number of rotatable bonds is 1. The molecule has 4 nitrogen and oxygen atoms in total. The van der Waals surface area contributed by atoms with Crippen molar-refractivity contribution in [1.29, 1.82) is 0 Å². The molecule has 2 aromatic heterocycles. The summed E-state index contributed by atoms with van der Waals surface area (Å²) in [4.78, 5) is 22.9. The number of halogens is 1. The zero-order chi connectivity index (χ0) is 12.5. The summed E-state index contributed by atoms with van der Waals surface area (Å²) >= 11 is 1.95. The van der Waals surface area contributed by atoms with Gasteiger partial charge in [-0.3, -0.25) is 9.78 Å². The number of nitrogens with one attached hydrogen (secondary N) is 1. The van der Waals surface area contributed by atoms with Crippen LogP contribution in [0.2, 0.25) is 0 Å². The molecule has 3 aromatic rings. The molecule has 0 atom stereocenters. The van der Waals surface area contributed by atoms with Crippen LogP contribution < -0.4 is 5.56 Å². The largest absolute Gasteiger partial charge is 0.304 e. The zero-order valence-electron chi connectivity index (χ0n) is 9.22. The first-order valence-electron chi connectivity index (χ1n) is 5.34. The third-order valence-corrected chi connectivity index (χ3v) is 3.42. The van der Waals surface area contributed by atoms with E-state index in [2.05, 4.69) is 15.0 Å². The molecule has 0 aliphatic heterocycles. The number of pyridine rings is 1. The van der Waals surface area contributed by atoms with Gasteiger partial charge in [-0.15, -0.1) is 0 Å². The minimum Gasteiger partial charge on any atom is -0.304 e. The molecule has 18 heavy (non-hydrogen) atoms. The van der Waals surface area contributed by atoms with E-state index in [4.69, 9.17) is 0 Å². The number of H-pyrrole nitrogens is 1. The number of hydrogen-bond acceptors (Lipinski definition) is 3. The lowest BCUT2D eigenvalue weighted by atomic mass is 10.1. The van der Waals surface area contributed by atoms with Crippen LogP contribution in [0.5, 0.6) is 0 Å². The highest BCUT2D eigenvalue weighted by molar-refractivity contribution is 14.1. The van der Waals surface area contributed by atoms with Gasteiger partial charge in [0.15, 0.2) is 5.82 Å². The number of benzene rings is 1. The topological polar surface area (TPSA) is 58.6 Å². The maximum absolute atomic E-state index is 11.6. The zero-order valence-corrected chi connectivity index (χ0v) is 11.4. The first-order chi connectivity index (χ1) is 8.75. The van der Waals surface area contributed by atoms with Gasteiger partial charge in [-0.2, -0.15) is 0 Å². The van der Waals surface area contributed by atoms with Gasteiger partial charge in [0.1, 0.15) is 5.69 Å². The lowest BCUT2D eigenvalue weighted by Crippen LogP contribution is -2.12. The van der Waals surface area contributed by atoms with Gasteiger partial charge in [-0.05, 0) is 34.0 Å². The summed E-state index contributed by atoms with van der Waals surface area (Å²) in [6.45, 7) is 0. The van der Waals surface area contributed by atoms with Crippen LogP contribution >= 0.6 is 22.6 Å². The van der Waals surface area contributed by atoms with E-state index in [0.717, 1.165) is 10.8 Å². The van der Waals surface area contributed by atoms with Crippen molar-refractivity contribution in [3.63, 3.8) is 0 Å². The van der Waals surface area contributed by atoms with E-state index in [1.807, 2.05) is 52.9 Å². The number of fused-ring (bicyclic) bond motifs is 1. The molecule has 0 radical (unpaired) electrons. The van der Waals surface area contributed by atoms with E-state index < -0.39 is 0 Å². The van der Waals surface area contributed by atoms with Crippen LogP contribution in [0.3, 0.4) is 0 Å². The Labute approximate surface area is 116 Å². The fourth-order valence-corrected chi connectivity index (χ4v) is 2.08.